The van der Waals surface area contributed by atoms with Gasteiger partial charge in [-0.25, -0.2) is 17.8 Å². The third kappa shape index (κ3) is 3.29. The molecule has 25 heavy (non-hydrogen) atoms. The Morgan fingerprint density at radius 2 is 1.84 bits per heavy atom. The normalized spacial score (nSPS) is 11.5. The molecule has 0 saturated heterocycles. The van der Waals surface area contributed by atoms with Gasteiger partial charge in [-0.2, -0.15) is 0 Å². The van der Waals surface area contributed by atoms with Crippen molar-refractivity contribution in [1.82, 2.24) is 24.9 Å². The topological polar surface area (TPSA) is 120 Å². The maximum Gasteiger partial charge on any atom is 0.287 e. The van der Waals surface area contributed by atoms with Gasteiger partial charge in [-0.15, -0.1) is 5.10 Å². The summed E-state index contributed by atoms with van der Waals surface area (Å²) in [6.45, 7) is 4.87. The number of nitrogens with zero attached hydrogens (tertiary/aromatic N) is 4. The summed E-state index contributed by atoms with van der Waals surface area (Å²) in [4.78, 5) is 12.1. The van der Waals surface area contributed by atoms with E-state index in [2.05, 4.69) is 15.5 Å². The molecule has 0 spiro atoms. The summed E-state index contributed by atoms with van der Waals surface area (Å²) in [5, 5.41) is 11.1. The van der Waals surface area contributed by atoms with Gasteiger partial charge in [-0.1, -0.05) is 28.1 Å². The largest absolute Gasteiger partial charge is 0.360 e. The second kappa shape index (κ2) is 6.13. The Balaban J connectivity index is 1.84. The Labute approximate surface area is 143 Å². The first-order valence-corrected chi connectivity index (χ1v) is 8.75. The highest BCUT2D eigenvalue weighted by Gasteiger charge is 2.27. The Kier molecular flexibility index (Phi) is 4.13. The molecule has 0 bridgehead atoms. The number of amides is 1. The van der Waals surface area contributed by atoms with Gasteiger partial charge < -0.3 is 4.52 Å². The van der Waals surface area contributed by atoms with E-state index >= 15 is 0 Å². The van der Waals surface area contributed by atoms with Crippen molar-refractivity contribution in [2.24, 2.45) is 0 Å². The average molecular weight is 361 g/mol. The van der Waals surface area contributed by atoms with Crippen molar-refractivity contribution in [3.8, 4) is 5.69 Å². The van der Waals surface area contributed by atoms with Gasteiger partial charge in [0.1, 0.15) is 5.69 Å². The number of carbonyl (C=O) groups excluding carboxylic acids is 1. The number of aromatic nitrogens is 4. The van der Waals surface area contributed by atoms with Gasteiger partial charge in [-0.3, -0.25) is 4.79 Å². The van der Waals surface area contributed by atoms with E-state index in [-0.39, 0.29) is 22.0 Å². The van der Waals surface area contributed by atoms with Gasteiger partial charge in [0, 0.05) is 0 Å². The number of hydrogen-bond donors (Lipinski definition) is 1. The van der Waals surface area contributed by atoms with Crippen molar-refractivity contribution in [1.29, 1.82) is 0 Å². The van der Waals surface area contributed by atoms with Gasteiger partial charge in [0.15, 0.2) is 16.3 Å². The quantitative estimate of drug-likeness (QED) is 0.743. The van der Waals surface area contributed by atoms with Crippen molar-refractivity contribution < 1.29 is 17.7 Å². The summed E-state index contributed by atoms with van der Waals surface area (Å²) in [5.41, 5.74) is 1.81. The van der Waals surface area contributed by atoms with Crippen LogP contribution in [-0.2, 0) is 10.0 Å². The predicted molar refractivity (Wildman–Crippen MR) is 86.7 cm³/mol. The van der Waals surface area contributed by atoms with Crippen LogP contribution in [0.5, 0.6) is 0 Å². The van der Waals surface area contributed by atoms with Crippen molar-refractivity contribution >= 4 is 15.9 Å². The average Bonchev–Trinajstić information content (AvgIpc) is 3.15. The Bertz CT molecular complexity index is 1010. The van der Waals surface area contributed by atoms with Crippen LogP contribution in [0, 0.1) is 20.8 Å². The van der Waals surface area contributed by atoms with Crippen LogP contribution >= 0.6 is 0 Å². The molecule has 0 unspecified atom stereocenters. The summed E-state index contributed by atoms with van der Waals surface area (Å²) < 4.78 is 32.9. The smallest absolute Gasteiger partial charge is 0.287 e. The maximum absolute atomic E-state index is 12.3. The van der Waals surface area contributed by atoms with Gasteiger partial charge in [-0.05, 0) is 32.9 Å². The van der Waals surface area contributed by atoms with Crippen molar-refractivity contribution in [3.63, 3.8) is 0 Å². The third-order valence-electron chi connectivity index (χ3n) is 3.49. The van der Waals surface area contributed by atoms with Crippen molar-refractivity contribution in [2.75, 3.05) is 0 Å². The van der Waals surface area contributed by atoms with E-state index in [4.69, 9.17) is 4.52 Å². The number of hydrogen-bond acceptors (Lipinski definition) is 7. The summed E-state index contributed by atoms with van der Waals surface area (Å²) in [7, 11) is -4.12. The van der Waals surface area contributed by atoms with Crippen LogP contribution in [0.3, 0.4) is 0 Å². The predicted octanol–water partition coefficient (Wildman–Crippen LogP) is 1.30. The minimum absolute atomic E-state index is 0.0982. The Morgan fingerprint density at radius 3 is 2.44 bits per heavy atom. The fraction of sp³-hybridized carbons (Fsp3) is 0.200. The van der Waals surface area contributed by atoms with Gasteiger partial charge in [0.05, 0.1) is 11.9 Å². The molecule has 130 valence electrons. The molecule has 0 aliphatic rings. The highest BCUT2D eigenvalue weighted by molar-refractivity contribution is 7.90. The van der Waals surface area contributed by atoms with Crippen LogP contribution < -0.4 is 4.72 Å². The summed E-state index contributed by atoms with van der Waals surface area (Å²) in [5.74, 6) is -0.792. The van der Waals surface area contributed by atoms with Crippen molar-refractivity contribution in [2.45, 2.75) is 25.7 Å². The molecule has 9 nitrogen and oxygen atoms in total. The standard InChI is InChI=1S/C15H15N5O4S/c1-9-4-6-12(7-5-9)20-8-13(16-19-20)15(21)18-25(22,23)14-10(2)17-24-11(14)3/h4-8H,1-3H3,(H,18,21). The Morgan fingerprint density at radius 1 is 1.16 bits per heavy atom. The maximum atomic E-state index is 12.3. The lowest BCUT2D eigenvalue weighted by Crippen LogP contribution is -2.31. The molecule has 2 heterocycles. The molecule has 0 atom stereocenters. The zero-order valence-electron chi connectivity index (χ0n) is 13.7. The monoisotopic (exact) mass is 361 g/mol. The molecule has 1 aromatic carbocycles. The molecule has 0 aliphatic heterocycles. The minimum Gasteiger partial charge on any atom is -0.360 e. The van der Waals surface area contributed by atoms with E-state index in [0.29, 0.717) is 5.69 Å². The number of nitrogens with one attached hydrogen (secondary N) is 1. The van der Waals surface area contributed by atoms with E-state index in [1.54, 1.807) is 0 Å². The molecule has 1 amide bonds. The second-order valence-electron chi connectivity index (χ2n) is 5.47. The number of sulfonamides is 1. The SMILES string of the molecule is Cc1ccc(-n2cc(C(=O)NS(=O)(=O)c3c(C)noc3C)nn2)cc1. The second-order valence-corrected chi connectivity index (χ2v) is 7.09. The molecular weight excluding hydrogens is 346 g/mol. The zero-order valence-corrected chi connectivity index (χ0v) is 14.5. The van der Waals surface area contributed by atoms with Crippen LogP contribution in [-0.4, -0.2) is 34.5 Å². The van der Waals surface area contributed by atoms with E-state index in [9.17, 15) is 13.2 Å². The summed E-state index contributed by atoms with van der Waals surface area (Å²) in [6, 6.07) is 7.40. The van der Waals surface area contributed by atoms with E-state index < -0.39 is 15.9 Å². The minimum atomic E-state index is -4.12. The lowest BCUT2D eigenvalue weighted by Gasteiger charge is -2.04. The van der Waals surface area contributed by atoms with E-state index in [0.717, 1.165) is 5.56 Å². The van der Waals surface area contributed by atoms with Crippen molar-refractivity contribution in [3.05, 3.63) is 53.2 Å². The highest BCUT2D eigenvalue weighted by atomic mass is 32.2. The summed E-state index contributed by atoms with van der Waals surface area (Å²) in [6.07, 6.45) is 1.35. The lowest BCUT2D eigenvalue weighted by molar-refractivity contribution is 0.0976. The van der Waals surface area contributed by atoms with E-state index in [1.807, 2.05) is 35.9 Å². The first-order chi connectivity index (χ1) is 11.8. The van der Waals surface area contributed by atoms with Gasteiger partial charge in [0.25, 0.3) is 15.9 Å². The molecule has 10 heteroatoms. The van der Waals surface area contributed by atoms with Crippen LogP contribution in [0.4, 0.5) is 0 Å². The Hall–Kier alpha value is -3.01. The zero-order chi connectivity index (χ0) is 18.2. The molecular formula is C15H15N5O4S. The molecule has 0 radical (unpaired) electrons. The van der Waals surface area contributed by atoms with Crippen LogP contribution in [0.2, 0.25) is 0 Å². The molecule has 0 saturated carbocycles. The van der Waals surface area contributed by atoms with Crippen LogP contribution in [0.25, 0.3) is 5.69 Å². The van der Waals surface area contributed by atoms with Gasteiger partial charge in [0.2, 0.25) is 0 Å². The number of rotatable bonds is 4. The first kappa shape index (κ1) is 16.8. The molecule has 0 fully saturated rings. The molecule has 2 aromatic heterocycles. The van der Waals surface area contributed by atoms with Crippen LogP contribution in [0.15, 0.2) is 39.9 Å². The third-order valence-corrected chi connectivity index (χ3v) is 5.06. The molecule has 3 aromatic rings. The number of carbonyl (C=O) groups is 1. The lowest BCUT2D eigenvalue weighted by atomic mass is 10.2. The van der Waals surface area contributed by atoms with Gasteiger partial charge >= 0.3 is 0 Å². The molecule has 3 rings (SSSR count). The molecule has 0 aliphatic carbocycles. The fourth-order valence-electron chi connectivity index (χ4n) is 2.28. The number of aryl methyl sites for hydroxylation is 3. The highest BCUT2D eigenvalue weighted by Crippen LogP contribution is 2.18. The summed E-state index contributed by atoms with van der Waals surface area (Å²) >= 11 is 0. The first-order valence-electron chi connectivity index (χ1n) is 7.27. The molecule has 1 N–H and O–H groups in total. The van der Waals surface area contributed by atoms with E-state index in [1.165, 1.54) is 24.7 Å². The number of benzene rings is 1. The van der Waals surface area contributed by atoms with Crippen LogP contribution in [0.1, 0.15) is 27.5 Å². The fourth-order valence-corrected chi connectivity index (χ4v) is 3.57.